The molecule has 122 valence electrons. The van der Waals surface area contributed by atoms with Crippen molar-refractivity contribution in [2.24, 2.45) is 13.0 Å². The van der Waals surface area contributed by atoms with Crippen molar-refractivity contribution in [3.05, 3.63) is 36.2 Å². The first-order valence-electron chi connectivity index (χ1n) is 8.42. The van der Waals surface area contributed by atoms with Crippen molar-refractivity contribution in [2.75, 3.05) is 13.2 Å². The average molecular weight is 313 g/mol. The van der Waals surface area contributed by atoms with E-state index in [0.717, 1.165) is 25.4 Å². The first kappa shape index (κ1) is 14.6. The average Bonchev–Trinajstić information content (AvgIpc) is 2.90. The fourth-order valence-corrected chi connectivity index (χ4v) is 3.49. The summed E-state index contributed by atoms with van der Waals surface area (Å²) in [5, 5.41) is 0. The highest BCUT2D eigenvalue weighted by molar-refractivity contribution is 5.18. The van der Waals surface area contributed by atoms with Crippen LogP contribution in [0.2, 0.25) is 0 Å². The lowest BCUT2D eigenvalue weighted by atomic mass is 9.84. The Morgan fingerprint density at radius 2 is 2.04 bits per heavy atom. The Bertz CT molecular complexity index is 652. The molecule has 1 atom stereocenters. The molecule has 1 aliphatic carbocycles. The van der Waals surface area contributed by atoms with E-state index in [-0.39, 0.29) is 0 Å². The van der Waals surface area contributed by atoms with Crippen LogP contribution in [-0.4, -0.2) is 43.6 Å². The van der Waals surface area contributed by atoms with Crippen molar-refractivity contribution >= 4 is 0 Å². The number of ether oxygens (including phenoxy) is 1. The van der Waals surface area contributed by atoms with E-state index in [1.165, 1.54) is 30.7 Å². The third-order valence-corrected chi connectivity index (χ3v) is 5.11. The monoisotopic (exact) mass is 313 g/mol. The van der Waals surface area contributed by atoms with E-state index in [1.54, 1.807) is 18.5 Å². The normalized spacial score (nSPS) is 21.7. The number of rotatable bonds is 5. The zero-order valence-electron chi connectivity index (χ0n) is 13.6. The molecule has 0 amide bonds. The van der Waals surface area contributed by atoms with E-state index in [0.29, 0.717) is 18.7 Å². The van der Waals surface area contributed by atoms with Gasteiger partial charge in [-0.25, -0.2) is 15.0 Å². The van der Waals surface area contributed by atoms with Gasteiger partial charge in [0, 0.05) is 50.7 Å². The summed E-state index contributed by atoms with van der Waals surface area (Å²) in [4.78, 5) is 15.4. The maximum atomic E-state index is 5.85. The first-order chi connectivity index (χ1) is 11.3. The van der Waals surface area contributed by atoms with E-state index in [4.69, 9.17) is 4.74 Å². The molecule has 4 rings (SSSR count). The minimum atomic E-state index is 0.363. The summed E-state index contributed by atoms with van der Waals surface area (Å²) in [6.45, 7) is 2.71. The second-order valence-electron chi connectivity index (χ2n) is 6.68. The van der Waals surface area contributed by atoms with E-state index < -0.39 is 0 Å². The van der Waals surface area contributed by atoms with Gasteiger partial charge in [-0.2, -0.15) is 0 Å². The lowest BCUT2D eigenvalue weighted by molar-refractivity contribution is 0.0761. The molecule has 2 aromatic heterocycles. The summed E-state index contributed by atoms with van der Waals surface area (Å²) in [6.07, 6.45) is 10.4. The minimum Gasteiger partial charge on any atom is -0.462 e. The third kappa shape index (κ3) is 3.08. The van der Waals surface area contributed by atoms with Crippen LogP contribution in [0.5, 0.6) is 6.01 Å². The van der Waals surface area contributed by atoms with Gasteiger partial charge in [-0.05, 0) is 24.8 Å². The molecule has 6 nitrogen and oxygen atoms in total. The topological polar surface area (TPSA) is 56.1 Å². The Labute approximate surface area is 136 Å². The molecule has 0 N–H and O–H groups in total. The molecule has 1 aliphatic heterocycles. The van der Waals surface area contributed by atoms with Crippen LogP contribution >= 0.6 is 0 Å². The number of imidazole rings is 1. The molecule has 3 heterocycles. The van der Waals surface area contributed by atoms with Gasteiger partial charge in [0.15, 0.2) is 0 Å². The minimum absolute atomic E-state index is 0.363. The predicted octanol–water partition coefficient (Wildman–Crippen LogP) is 1.82. The highest BCUT2D eigenvalue weighted by Gasteiger charge is 2.32. The Kier molecular flexibility index (Phi) is 3.99. The van der Waals surface area contributed by atoms with Crippen molar-refractivity contribution < 1.29 is 4.74 Å². The van der Waals surface area contributed by atoms with E-state index in [9.17, 15) is 0 Å². The first-order valence-corrected chi connectivity index (χ1v) is 8.42. The van der Waals surface area contributed by atoms with Crippen LogP contribution in [0.4, 0.5) is 0 Å². The van der Waals surface area contributed by atoms with Gasteiger partial charge < -0.3 is 9.30 Å². The summed E-state index contributed by atoms with van der Waals surface area (Å²) >= 11 is 0. The smallest absolute Gasteiger partial charge is 0.316 e. The van der Waals surface area contributed by atoms with Gasteiger partial charge in [0.25, 0.3) is 0 Å². The summed E-state index contributed by atoms with van der Waals surface area (Å²) in [5.41, 5.74) is 2.55. The second-order valence-corrected chi connectivity index (χ2v) is 6.68. The molecular weight excluding hydrogens is 290 g/mol. The molecule has 0 spiro atoms. The van der Waals surface area contributed by atoms with Crippen LogP contribution in [0.25, 0.3) is 0 Å². The highest BCUT2D eigenvalue weighted by atomic mass is 16.5. The van der Waals surface area contributed by atoms with Crippen LogP contribution in [0, 0.1) is 5.92 Å². The largest absolute Gasteiger partial charge is 0.462 e. The zero-order chi connectivity index (χ0) is 15.6. The van der Waals surface area contributed by atoms with E-state index in [2.05, 4.69) is 31.5 Å². The van der Waals surface area contributed by atoms with Gasteiger partial charge in [-0.15, -0.1) is 0 Å². The maximum absolute atomic E-state index is 5.85. The molecule has 0 unspecified atom stereocenters. The van der Waals surface area contributed by atoms with Gasteiger partial charge in [-0.3, -0.25) is 4.90 Å². The van der Waals surface area contributed by atoms with E-state index in [1.807, 2.05) is 6.33 Å². The SMILES string of the molecule is Cn1cnc2c1C[C@@H](COc1ncccn1)N(CC1CCC1)C2. The van der Waals surface area contributed by atoms with Crippen molar-refractivity contribution in [3.63, 3.8) is 0 Å². The van der Waals surface area contributed by atoms with Crippen LogP contribution < -0.4 is 4.74 Å². The molecule has 2 aromatic rings. The quantitative estimate of drug-likeness (QED) is 0.843. The Morgan fingerprint density at radius 3 is 2.78 bits per heavy atom. The fourth-order valence-electron chi connectivity index (χ4n) is 3.49. The molecule has 1 fully saturated rings. The van der Waals surface area contributed by atoms with E-state index >= 15 is 0 Å². The lowest BCUT2D eigenvalue weighted by Crippen LogP contribution is -2.47. The van der Waals surface area contributed by atoms with Crippen LogP contribution in [0.15, 0.2) is 24.8 Å². The molecule has 0 aromatic carbocycles. The number of nitrogens with zero attached hydrogens (tertiary/aromatic N) is 5. The molecule has 6 heteroatoms. The van der Waals surface area contributed by atoms with Crippen LogP contribution in [0.1, 0.15) is 30.7 Å². The van der Waals surface area contributed by atoms with Crippen molar-refractivity contribution in [1.82, 2.24) is 24.4 Å². The molecule has 1 saturated carbocycles. The second kappa shape index (κ2) is 6.28. The molecule has 0 radical (unpaired) electrons. The fraction of sp³-hybridized carbons (Fsp3) is 0.588. The summed E-state index contributed by atoms with van der Waals surface area (Å²) in [6, 6.07) is 2.63. The van der Waals surface area contributed by atoms with Gasteiger partial charge in [0.1, 0.15) is 6.61 Å². The predicted molar refractivity (Wildman–Crippen MR) is 86.0 cm³/mol. The summed E-state index contributed by atoms with van der Waals surface area (Å²) in [7, 11) is 2.08. The number of aromatic nitrogens is 4. The molecule has 0 saturated heterocycles. The number of hydrogen-bond acceptors (Lipinski definition) is 5. The maximum Gasteiger partial charge on any atom is 0.316 e. The van der Waals surface area contributed by atoms with Crippen molar-refractivity contribution in [1.29, 1.82) is 0 Å². The number of hydrogen-bond donors (Lipinski definition) is 0. The Morgan fingerprint density at radius 1 is 1.22 bits per heavy atom. The molecular formula is C17H23N5O. The Hall–Kier alpha value is -1.95. The van der Waals surface area contributed by atoms with Gasteiger partial charge in [0.2, 0.25) is 0 Å². The Balaban J connectivity index is 1.47. The van der Waals surface area contributed by atoms with Crippen molar-refractivity contribution in [2.45, 2.75) is 38.3 Å². The molecule has 2 aliphatic rings. The van der Waals surface area contributed by atoms with Crippen molar-refractivity contribution in [3.8, 4) is 6.01 Å². The molecule has 0 bridgehead atoms. The van der Waals surface area contributed by atoms with Crippen LogP contribution in [0.3, 0.4) is 0 Å². The number of aryl methyl sites for hydroxylation is 1. The van der Waals surface area contributed by atoms with Gasteiger partial charge in [0.05, 0.1) is 12.0 Å². The van der Waals surface area contributed by atoms with Gasteiger partial charge >= 0.3 is 6.01 Å². The molecule has 23 heavy (non-hydrogen) atoms. The standard InChI is InChI=1S/C17H23N5O/c1-21-12-20-15-10-22(9-13-4-2-5-13)14(8-16(15)21)11-23-17-18-6-3-7-19-17/h3,6-7,12-14H,2,4-5,8-11H2,1H3/t14-/m0/s1. The lowest BCUT2D eigenvalue weighted by Gasteiger charge is -2.39. The zero-order valence-corrected chi connectivity index (χ0v) is 13.6. The van der Waals surface area contributed by atoms with Crippen LogP contribution in [-0.2, 0) is 20.0 Å². The summed E-state index contributed by atoms with van der Waals surface area (Å²) < 4.78 is 7.99. The van der Waals surface area contributed by atoms with Gasteiger partial charge in [-0.1, -0.05) is 6.42 Å². The summed E-state index contributed by atoms with van der Waals surface area (Å²) in [5.74, 6) is 0.843. The third-order valence-electron chi connectivity index (χ3n) is 5.11. The highest BCUT2D eigenvalue weighted by Crippen LogP contribution is 2.30. The number of fused-ring (bicyclic) bond motifs is 1.